The number of anilines is 3. The van der Waals surface area contributed by atoms with Crippen LogP contribution in [0.5, 0.6) is 5.88 Å². The topological polar surface area (TPSA) is 113 Å². The molecule has 3 N–H and O–H groups in total. The zero-order valence-corrected chi connectivity index (χ0v) is 26.8. The van der Waals surface area contributed by atoms with Crippen LogP contribution in [0.15, 0.2) is 85.8 Å². The Morgan fingerprint density at radius 1 is 0.978 bits per heavy atom. The van der Waals surface area contributed by atoms with E-state index >= 15 is 0 Å². The molecule has 11 nitrogen and oxygen atoms in total. The van der Waals surface area contributed by atoms with Gasteiger partial charge in [-0.25, -0.2) is 4.98 Å². The van der Waals surface area contributed by atoms with Gasteiger partial charge in [-0.2, -0.15) is 0 Å². The number of aromatic nitrogens is 2. The van der Waals surface area contributed by atoms with Crippen LogP contribution in [0.4, 0.5) is 17.1 Å². The molecule has 0 bridgehead atoms. The Labute approximate surface area is 266 Å². The van der Waals surface area contributed by atoms with Crippen LogP contribution in [-0.2, 0) is 16.0 Å². The van der Waals surface area contributed by atoms with Crippen molar-refractivity contribution in [3.8, 4) is 5.88 Å². The van der Waals surface area contributed by atoms with E-state index in [4.69, 9.17) is 14.2 Å². The van der Waals surface area contributed by atoms with Crippen molar-refractivity contribution in [2.75, 3.05) is 62.5 Å². The Morgan fingerprint density at radius 3 is 2.33 bits per heavy atom. The van der Waals surface area contributed by atoms with Crippen molar-refractivity contribution in [2.24, 2.45) is 0 Å². The second kappa shape index (κ2) is 15.9. The fourth-order valence-electron chi connectivity index (χ4n) is 4.75. The number of amides is 1. The molecule has 1 aromatic carbocycles. The van der Waals surface area contributed by atoms with Crippen LogP contribution in [0.1, 0.15) is 43.2 Å². The number of hydrogen-bond donors (Lipinski definition) is 3. The van der Waals surface area contributed by atoms with E-state index in [1.165, 1.54) is 0 Å². The Bertz CT molecular complexity index is 1420. The van der Waals surface area contributed by atoms with Gasteiger partial charge in [-0.1, -0.05) is 24.8 Å². The first kappa shape index (κ1) is 33.3. The summed E-state index contributed by atoms with van der Waals surface area (Å²) in [6.45, 7) is 19.8. The smallest absolute Gasteiger partial charge is 0.274 e. The Kier molecular flexibility index (Phi) is 11.8. The maximum Gasteiger partial charge on any atom is 0.274 e. The lowest BCUT2D eigenvalue weighted by molar-refractivity contribution is 0.0364. The molecule has 1 amide bonds. The van der Waals surface area contributed by atoms with Crippen molar-refractivity contribution in [3.63, 3.8) is 0 Å². The van der Waals surface area contributed by atoms with Crippen molar-refractivity contribution in [2.45, 2.75) is 39.3 Å². The van der Waals surface area contributed by atoms with E-state index in [2.05, 4.69) is 48.9 Å². The molecule has 3 heterocycles. The summed E-state index contributed by atoms with van der Waals surface area (Å²) in [6.07, 6.45) is 4.40. The van der Waals surface area contributed by atoms with Crippen molar-refractivity contribution in [3.05, 3.63) is 97.0 Å². The van der Waals surface area contributed by atoms with E-state index in [-0.39, 0.29) is 5.91 Å². The number of benzene rings is 1. The van der Waals surface area contributed by atoms with Gasteiger partial charge in [0.2, 0.25) is 5.88 Å². The second-order valence-corrected chi connectivity index (χ2v) is 11.7. The molecular formula is C34H45N7O4. The van der Waals surface area contributed by atoms with Gasteiger partial charge in [0.25, 0.3) is 5.91 Å². The number of pyridine rings is 2. The molecule has 0 saturated carbocycles. The molecule has 11 heteroatoms. The van der Waals surface area contributed by atoms with E-state index in [0.717, 1.165) is 62.9 Å². The minimum absolute atomic E-state index is 0.304. The minimum Gasteiger partial charge on any atom is -0.481 e. The van der Waals surface area contributed by atoms with Crippen molar-refractivity contribution in [1.29, 1.82) is 0 Å². The second-order valence-electron chi connectivity index (χ2n) is 11.7. The molecule has 0 aliphatic carbocycles. The molecule has 1 fully saturated rings. The Hall–Kier alpha value is -4.61. The van der Waals surface area contributed by atoms with Crippen molar-refractivity contribution >= 4 is 23.0 Å². The normalized spacial score (nSPS) is 13.4. The number of ether oxygens (including phenoxy) is 3. The predicted molar refractivity (Wildman–Crippen MR) is 178 cm³/mol. The number of carbonyl (C=O) groups is 1. The van der Waals surface area contributed by atoms with Crippen LogP contribution in [0.25, 0.3) is 0 Å². The standard InChI is InChI=1S/C34H45N7O4/c1-25(37-28-13-15-32(43-6)36-23-28)41(17-9-16-40-18-20-44-21-19-40)24-27-12-14-31(35-22-27)33(42)39-30-11-8-7-10-29(30)38-26(2)45-34(3,4)5/h7-8,10-15,22-23,37-38H,1-2,9,16-21,24H2,3-6H3,(H,39,42). The number of methoxy groups -OCH3 is 1. The molecular weight excluding hydrogens is 570 g/mol. The fraction of sp³-hybridized carbons (Fsp3) is 0.382. The summed E-state index contributed by atoms with van der Waals surface area (Å²) in [4.78, 5) is 26.5. The van der Waals surface area contributed by atoms with Gasteiger partial charge in [-0.05, 0) is 63.6 Å². The number of morpholine rings is 1. The largest absolute Gasteiger partial charge is 0.481 e. The average Bonchev–Trinajstić information content (AvgIpc) is 3.02. The number of nitrogens with zero attached hydrogens (tertiary/aromatic N) is 4. The van der Waals surface area contributed by atoms with Gasteiger partial charge in [0, 0.05) is 45.0 Å². The van der Waals surface area contributed by atoms with Gasteiger partial charge in [0.15, 0.2) is 5.88 Å². The summed E-state index contributed by atoms with van der Waals surface area (Å²) in [5.74, 6) is 1.36. The first-order chi connectivity index (χ1) is 21.6. The van der Waals surface area contributed by atoms with E-state index in [1.54, 1.807) is 31.6 Å². The van der Waals surface area contributed by atoms with Crippen LogP contribution in [0.2, 0.25) is 0 Å². The SMILES string of the molecule is C=C(Nc1ccccc1NC(=O)c1ccc(CN(CCCN2CCOCC2)C(=C)Nc2ccc(OC)nc2)cn1)OC(C)(C)C. The third kappa shape index (κ3) is 10.8. The first-order valence-corrected chi connectivity index (χ1v) is 15.1. The molecule has 4 rings (SSSR count). The van der Waals surface area contributed by atoms with Gasteiger partial charge >= 0.3 is 0 Å². The molecule has 0 radical (unpaired) electrons. The molecule has 2 aromatic heterocycles. The van der Waals surface area contributed by atoms with Gasteiger partial charge < -0.3 is 35.1 Å². The highest BCUT2D eigenvalue weighted by Crippen LogP contribution is 2.25. The highest BCUT2D eigenvalue weighted by Gasteiger charge is 2.17. The summed E-state index contributed by atoms with van der Waals surface area (Å²) in [7, 11) is 1.59. The summed E-state index contributed by atoms with van der Waals surface area (Å²) in [5.41, 5.74) is 2.93. The number of carbonyl (C=O) groups excluding carboxylic acids is 1. The monoisotopic (exact) mass is 615 g/mol. The van der Waals surface area contributed by atoms with Gasteiger partial charge in [-0.3, -0.25) is 14.7 Å². The van der Waals surface area contributed by atoms with Crippen LogP contribution >= 0.6 is 0 Å². The molecule has 1 aliphatic rings. The average molecular weight is 616 g/mol. The van der Waals surface area contributed by atoms with E-state index in [1.807, 2.05) is 57.2 Å². The van der Waals surface area contributed by atoms with Crippen LogP contribution in [0, 0.1) is 0 Å². The number of para-hydroxylation sites is 2. The van der Waals surface area contributed by atoms with Gasteiger partial charge in [0.05, 0.1) is 49.4 Å². The maximum absolute atomic E-state index is 13.1. The van der Waals surface area contributed by atoms with E-state index in [9.17, 15) is 4.79 Å². The molecule has 45 heavy (non-hydrogen) atoms. The van der Waals surface area contributed by atoms with Crippen molar-refractivity contribution in [1.82, 2.24) is 19.8 Å². The Morgan fingerprint density at radius 2 is 1.71 bits per heavy atom. The van der Waals surface area contributed by atoms with E-state index in [0.29, 0.717) is 35.4 Å². The number of hydrogen-bond acceptors (Lipinski definition) is 10. The first-order valence-electron chi connectivity index (χ1n) is 15.1. The lowest BCUT2D eigenvalue weighted by Gasteiger charge is -2.30. The zero-order valence-electron chi connectivity index (χ0n) is 26.8. The molecule has 0 unspecified atom stereocenters. The van der Waals surface area contributed by atoms with Crippen molar-refractivity contribution < 1.29 is 19.0 Å². The van der Waals surface area contributed by atoms with Gasteiger partial charge in [0.1, 0.15) is 11.3 Å². The quantitative estimate of drug-likeness (QED) is 0.188. The predicted octanol–water partition coefficient (Wildman–Crippen LogP) is 5.54. The molecule has 240 valence electrons. The van der Waals surface area contributed by atoms with Crippen LogP contribution < -0.4 is 20.7 Å². The highest BCUT2D eigenvalue weighted by molar-refractivity contribution is 6.04. The molecule has 3 aromatic rings. The zero-order chi connectivity index (χ0) is 32.2. The lowest BCUT2D eigenvalue weighted by Crippen LogP contribution is -2.38. The lowest BCUT2D eigenvalue weighted by atomic mass is 10.2. The third-order valence-electron chi connectivity index (χ3n) is 6.93. The molecule has 0 atom stereocenters. The highest BCUT2D eigenvalue weighted by atomic mass is 16.5. The third-order valence-corrected chi connectivity index (χ3v) is 6.93. The van der Waals surface area contributed by atoms with Crippen LogP contribution in [0.3, 0.4) is 0 Å². The Balaban J connectivity index is 1.40. The van der Waals surface area contributed by atoms with Gasteiger partial charge in [-0.15, -0.1) is 0 Å². The number of nitrogens with one attached hydrogen (secondary N) is 3. The summed E-state index contributed by atoms with van der Waals surface area (Å²) < 4.78 is 16.4. The molecule has 0 spiro atoms. The summed E-state index contributed by atoms with van der Waals surface area (Å²) >= 11 is 0. The fourth-order valence-corrected chi connectivity index (χ4v) is 4.75. The van der Waals surface area contributed by atoms with E-state index < -0.39 is 5.60 Å². The summed E-state index contributed by atoms with van der Waals surface area (Å²) in [6, 6.07) is 14.7. The minimum atomic E-state index is -0.401. The number of rotatable bonds is 15. The maximum atomic E-state index is 13.1. The molecule has 1 saturated heterocycles. The molecule has 1 aliphatic heterocycles. The van der Waals surface area contributed by atoms with Crippen LogP contribution in [-0.4, -0.2) is 77.8 Å². The summed E-state index contributed by atoms with van der Waals surface area (Å²) in [5, 5.41) is 9.44.